The van der Waals surface area contributed by atoms with Gasteiger partial charge in [-0.3, -0.25) is 0 Å². The van der Waals surface area contributed by atoms with Crippen molar-refractivity contribution in [3.63, 3.8) is 0 Å². The SMILES string of the molecule is CCc1ccc(Nc2cccc(F)c2C(N)=S)cc1. The van der Waals surface area contributed by atoms with Crippen molar-refractivity contribution in [3.8, 4) is 0 Å². The van der Waals surface area contributed by atoms with Gasteiger partial charge in [0.15, 0.2) is 0 Å². The van der Waals surface area contributed by atoms with E-state index in [1.165, 1.54) is 11.6 Å². The summed E-state index contributed by atoms with van der Waals surface area (Å²) in [4.78, 5) is 0.0470. The lowest BCUT2D eigenvalue weighted by Gasteiger charge is -2.12. The molecular weight excluding hydrogens is 259 g/mol. The maximum atomic E-state index is 13.7. The Kier molecular flexibility index (Phi) is 4.12. The Morgan fingerprint density at radius 1 is 1.21 bits per heavy atom. The smallest absolute Gasteiger partial charge is 0.135 e. The van der Waals surface area contributed by atoms with E-state index in [4.69, 9.17) is 18.0 Å². The summed E-state index contributed by atoms with van der Waals surface area (Å²) < 4.78 is 13.7. The minimum atomic E-state index is -0.414. The van der Waals surface area contributed by atoms with E-state index in [0.29, 0.717) is 5.69 Å². The number of aryl methyl sites for hydroxylation is 1. The second kappa shape index (κ2) is 5.80. The number of rotatable bonds is 4. The molecule has 0 radical (unpaired) electrons. The normalized spacial score (nSPS) is 10.2. The van der Waals surface area contributed by atoms with Gasteiger partial charge in [0, 0.05) is 5.69 Å². The number of thiocarbonyl (C=S) groups is 1. The molecule has 3 N–H and O–H groups in total. The third kappa shape index (κ3) is 3.09. The zero-order valence-corrected chi connectivity index (χ0v) is 11.4. The topological polar surface area (TPSA) is 38.0 Å². The van der Waals surface area contributed by atoms with Crippen molar-refractivity contribution in [2.75, 3.05) is 5.32 Å². The quantitative estimate of drug-likeness (QED) is 0.834. The molecule has 0 fully saturated rings. The standard InChI is InChI=1S/C15H15FN2S/c1-2-10-6-8-11(9-7-10)18-13-5-3-4-12(16)14(13)15(17)19/h3-9,18H,2H2,1H3,(H2,17,19). The number of halogens is 1. The zero-order chi connectivity index (χ0) is 13.8. The van der Waals surface area contributed by atoms with Crippen LogP contribution in [-0.4, -0.2) is 4.99 Å². The van der Waals surface area contributed by atoms with Gasteiger partial charge >= 0.3 is 0 Å². The summed E-state index contributed by atoms with van der Waals surface area (Å²) in [5, 5.41) is 3.14. The highest BCUT2D eigenvalue weighted by atomic mass is 32.1. The molecule has 0 saturated carbocycles. The summed E-state index contributed by atoms with van der Waals surface area (Å²) in [6, 6.07) is 12.7. The molecule has 0 atom stereocenters. The maximum absolute atomic E-state index is 13.7. The first-order chi connectivity index (χ1) is 9.11. The molecule has 0 amide bonds. The van der Waals surface area contributed by atoms with Crippen molar-refractivity contribution in [3.05, 3.63) is 59.4 Å². The molecule has 19 heavy (non-hydrogen) atoms. The van der Waals surface area contributed by atoms with E-state index in [0.717, 1.165) is 12.1 Å². The van der Waals surface area contributed by atoms with Gasteiger partial charge in [-0.1, -0.05) is 37.3 Å². The van der Waals surface area contributed by atoms with Crippen LogP contribution in [0.15, 0.2) is 42.5 Å². The Hall–Kier alpha value is -1.94. The van der Waals surface area contributed by atoms with Crippen LogP contribution < -0.4 is 11.1 Å². The Morgan fingerprint density at radius 2 is 1.89 bits per heavy atom. The van der Waals surface area contributed by atoms with E-state index in [1.54, 1.807) is 12.1 Å². The van der Waals surface area contributed by atoms with Crippen molar-refractivity contribution in [1.82, 2.24) is 0 Å². The third-order valence-electron chi connectivity index (χ3n) is 2.90. The average Bonchev–Trinajstić information content (AvgIpc) is 2.39. The Morgan fingerprint density at radius 3 is 2.47 bits per heavy atom. The van der Waals surface area contributed by atoms with E-state index < -0.39 is 5.82 Å². The number of hydrogen-bond acceptors (Lipinski definition) is 2. The van der Waals surface area contributed by atoms with Gasteiger partial charge in [0.2, 0.25) is 0 Å². The fraction of sp³-hybridized carbons (Fsp3) is 0.133. The van der Waals surface area contributed by atoms with Crippen LogP contribution in [0.3, 0.4) is 0 Å². The molecular formula is C15H15FN2S. The molecule has 2 aromatic carbocycles. The molecule has 98 valence electrons. The lowest BCUT2D eigenvalue weighted by atomic mass is 10.1. The zero-order valence-electron chi connectivity index (χ0n) is 10.6. The minimum absolute atomic E-state index is 0.0470. The van der Waals surface area contributed by atoms with Crippen molar-refractivity contribution in [2.24, 2.45) is 5.73 Å². The fourth-order valence-corrected chi connectivity index (χ4v) is 2.07. The summed E-state index contributed by atoms with van der Waals surface area (Å²) in [6.45, 7) is 2.10. The summed E-state index contributed by atoms with van der Waals surface area (Å²) in [5.74, 6) is -0.414. The Labute approximate surface area is 117 Å². The highest BCUT2D eigenvalue weighted by molar-refractivity contribution is 7.80. The number of nitrogens with two attached hydrogens (primary N) is 1. The number of anilines is 2. The number of nitrogens with one attached hydrogen (secondary N) is 1. The number of hydrogen-bond donors (Lipinski definition) is 2. The van der Waals surface area contributed by atoms with Crippen LogP contribution in [0.2, 0.25) is 0 Å². The molecule has 2 rings (SSSR count). The highest BCUT2D eigenvalue weighted by Gasteiger charge is 2.10. The van der Waals surface area contributed by atoms with E-state index in [2.05, 4.69) is 12.2 Å². The van der Waals surface area contributed by atoms with Gasteiger partial charge in [-0.15, -0.1) is 0 Å². The molecule has 0 heterocycles. The number of benzene rings is 2. The van der Waals surface area contributed by atoms with Crippen LogP contribution >= 0.6 is 12.2 Å². The predicted molar refractivity (Wildman–Crippen MR) is 81.4 cm³/mol. The van der Waals surface area contributed by atoms with Crippen LogP contribution in [0, 0.1) is 5.82 Å². The van der Waals surface area contributed by atoms with Gasteiger partial charge < -0.3 is 11.1 Å². The second-order valence-corrected chi connectivity index (χ2v) is 4.64. The third-order valence-corrected chi connectivity index (χ3v) is 3.11. The van der Waals surface area contributed by atoms with Gasteiger partial charge in [-0.25, -0.2) is 4.39 Å². The largest absolute Gasteiger partial charge is 0.389 e. The molecule has 0 saturated heterocycles. The lowest BCUT2D eigenvalue weighted by molar-refractivity contribution is 0.626. The van der Waals surface area contributed by atoms with E-state index in [9.17, 15) is 4.39 Å². The van der Waals surface area contributed by atoms with Crippen LogP contribution in [0.5, 0.6) is 0 Å². The summed E-state index contributed by atoms with van der Waals surface area (Å²) in [7, 11) is 0. The molecule has 2 aromatic rings. The van der Waals surface area contributed by atoms with E-state index in [1.807, 2.05) is 24.3 Å². The van der Waals surface area contributed by atoms with Crippen molar-refractivity contribution < 1.29 is 4.39 Å². The van der Waals surface area contributed by atoms with Crippen LogP contribution in [0.1, 0.15) is 18.1 Å². The first-order valence-corrected chi connectivity index (χ1v) is 6.47. The summed E-state index contributed by atoms with van der Waals surface area (Å²) in [6.07, 6.45) is 0.985. The monoisotopic (exact) mass is 274 g/mol. The first kappa shape index (κ1) is 13.5. The van der Waals surface area contributed by atoms with Gasteiger partial charge in [0.25, 0.3) is 0 Å². The lowest BCUT2D eigenvalue weighted by Crippen LogP contribution is -2.14. The van der Waals surface area contributed by atoms with E-state index >= 15 is 0 Å². The molecule has 0 aliphatic carbocycles. The van der Waals surface area contributed by atoms with Gasteiger partial charge in [-0.05, 0) is 36.2 Å². The Bertz CT molecular complexity index is 594. The minimum Gasteiger partial charge on any atom is -0.389 e. The predicted octanol–water partition coefficient (Wildman–Crippen LogP) is 3.77. The van der Waals surface area contributed by atoms with Crippen LogP contribution in [0.25, 0.3) is 0 Å². The fourth-order valence-electron chi connectivity index (χ4n) is 1.86. The second-order valence-electron chi connectivity index (χ2n) is 4.20. The molecule has 0 aliphatic heterocycles. The van der Waals surface area contributed by atoms with Crippen LogP contribution in [0.4, 0.5) is 15.8 Å². The van der Waals surface area contributed by atoms with Crippen molar-refractivity contribution in [2.45, 2.75) is 13.3 Å². The van der Waals surface area contributed by atoms with Gasteiger partial charge in [0.05, 0.1) is 11.3 Å². The molecule has 0 aliphatic rings. The van der Waals surface area contributed by atoms with Gasteiger partial charge in [-0.2, -0.15) is 0 Å². The van der Waals surface area contributed by atoms with Crippen LogP contribution in [-0.2, 0) is 6.42 Å². The molecule has 0 unspecified atom stereocenters. The maximum Gasteiger partial charge on any atom is 0.135 e. The molecule has 2 nitrogen and oxygen atoms in total. The van der Waals surface area contributed by atoms with E-state index in [-0.39, 0.29) is 10.6 Å². The first-order valence-electron chi connectivity index (χ1n) is 6.06. The molecule has 0 aromatic heterocycles. The summed E-state index contributed by atoms with van der Waals surface area (Å²) in [5.41, 5.74) is 8.52. The highest BCUT2D eigenvalue weighted by Crippen LogP contribution is 2.23. The van der Waals surface area contributed by atoms with Crippen molar-refractivity contribution >= 4 is 28.6 Å². The molecule has 0 spiro atoms. The average molecular weight is 274 g/mol. The summed E-state index contributed by atoms with van der Waals surface area (Å²) >= 11 is 4.89. The van der Waals surface area contributed by atoms with Gasteiger partial charge in [0.1, 0.15) is 10.8 Å². The van der Waals surface area contributed by atoms with Crippen molar-refractivity contribution in [1.29, 1.82) is 0 Å². The molecule has 0 bridgehead atoms. The molecule has 4 heteroatoms. The Balaban J connectivity index is 2.32.